The van der Waals surface area contributed by atoms with Gasteiger partial charge in [0.1, 0.15) is 18.3 Å². The fourth-order valence-electron chi connectivity index (χ4n) is 2.31. The molecule has 0 aliphatic heterocycles. The number of hydrogen-bond acceptors (Lipinski definition) is 0. The standard InChI is InChI=1S/C10H15F5/c1-2-3-6-4-7(11)9(8(12)5-6)10(13,14)15/h6-9H,2-5H2,1H3/t6?,7-,8?,9?/m1/s1. The molecule has 1 saturated carbocycles. The van der Waals surface area contributed by atoms with Crippen LogP contribution in [0.4, 0.5) is 22.0 Å². The lowest BCUT2D eigenvalue weighted by Crippen LogP contribution is -2.44. The van der Waals surface area contributed by atoms with Gasteiger partial charge < -0.3 is 0 Å². The zero-order valence-electron chi connectivity index (χ0n) is 8.53. The Labute approximate surface area is 85.8 Å². The summed E-state index contributed by atoms with van der Waals surface area (Å²) < 4.78 is 63.2. The number of halogens is 5. The third-order valence-corrected chi connectivity index (χ3v) is 2.97. The van der Waals surface area contributed by atoms with E-state index in [0.717, 1.165) is 6.42 Å². The van der Waals surface area contributed by atoms with E-state index in [0.29, 0.717) is 6.42 Å². The van der Waals surface area contributed by atoms with E-state index in [4.69, 9.17) is 0 Å². The van der Waals surface area contributed by atoms with Crippen molar-refractivity contribution in [3.63, 3.8) is 0 Å². The lowest BCUT2D eigenvalue weighted by Gasteiger charge is -2.35. The van der Waals surface area contributed by atoms with Gasteiger partial charge in [-0.1, -0.05) is 19.8 Å². The predicted octanol–water partition coefficient (Wildman–Crippen LogP) is 4.05. The van der Waals surface area contributed by atoms with E-state index < -0.39 is 24.4 Å². The van der Waals surface area contributed by atoms with Gasteiger partial charge in [0.05, 0.1) is 0 Å². The summed E-state index contributed by atoms with van der Waals surface area (Å²) in [5, 5.41) is 0. The molecule has 0 N–H and O–H groups in total. The summed E-state index contributed by atoms with van der Waals surface area (Å²) in [6, 6.07) is 0. The minimum atomic E-state index is -4.75. The highest BCUT2D eigenvalue weighted by molar-refractivity contribution is 4.90. The SMILES string of the molecule is CCCC1CC(F)C(C(F)(F)F)[C@H](F)C1. The Kier molecular flexibility index (Phi) is 3.95. The molecular weight excluding hydrogens is 215 g/mol. The summed E-state index contributed by atoms with van der Waals surface area (Å²) in [6.45, 7) is 1.86. The van der Waals surface area contributed by atoms with Gasteiger partial charge in [0.2, 0.25) is 0 Å². The first-order valence-electron chi connectivity index (χ1n) is 5.21. The van der Waals surface area contributed by atoms with Crippen molar-refractivity contribution in [3.05, 3.63) is 0 Å². The van der Waals surface area contributed by atoms with E-state index in [9.17, 15) is 22.0 Å². The first-order valence-corrected chi connectivity index (χ1v) is 5.21. The van der Waals surface area contributed by atoms with Crippen LogP contribution in [0.25, 0.3) is 0 Å². The Morgan fingerprint density at radius 1 is 1.07 bits per heavy atom. The molecule has 0 aromatic carbocycles. The van der Waals surface area contributed by atoms with Crippen LogP contribution in [0.1, 0.15) is 32.6 Å². The van der Waals surface area contributed by atoms with Crippen molar-refractivity contribution >= 4 is 0 Å². The topological polar surface area (TPSA) is 0 Å². The van der Waals surface area contributed by atoms with Crippen molar-refractivity contribution in [1.82, 2.24) is 0 Å². The molecule has 0 spiro atoms. The van der Waals surface area contributed by atoms with Gasteiger partial charge in [-0.3, -0.25) is 0 Å². The fraction of sp³-hybridized carbons (Fsp3) is 1.00. The smallest absolute Gasteiger partial charge is 0.247 e. The van der Waals surface area contributed by atoms with Crippen molar-refractivity contribution in [2.24, 2.45) is 11.8 Å². The molecule has 0 radical (unpaired) electrons. The number of hydrogen-bond donors (Lipinski definition) is 0. The van der Waals surface area contributed by atoms with E-state index in [-0.39, 0.29) is 18.8 Å². The first kappa shape index (κ1) is 12.7. The van der Waals surface area contributed by atoms with Gasteiger partial charge in [-0.2, -0.15) is 13.2 Å². The molecule has 5 heteroatoms. The van der Waals surface area contributed by atoms with Gasteiger partial charge >= 0.3 is 6.18 Å². The van der Waals surface area contributed by atoms with Gasteiger partial charge in [-0.15, -0.1) is 0 Å². The molecule has 1 rings (SSSR count). The number of rotatable bonds is 2. The summed E-state index contributed by atoms with van der Waals surface area (Å²) in [5.41, 5.74) is 0. The molecule has 0 aromatic rings. The Bertz CT molecular complexity index is 188. The second kappa shape index (κ2) is 4.66. The summed E-state index contributed by atoms with van der Waals surface area (Å²) in [6.07, 6.45) is -7.87. The molecule has 0 nitrogen and oxygen atoms in total. The Morgan fingerprint density at radius 3 is 1.87 bits per heavy atom. The van der Waals surface area contributed by atoms with Crippen molar-refractivity contribution < 1.29 is 22.0 Å². The molecule has 3 unspecified atom stereocenters. The van der Waals surface area contributed by atoms with E-state index in [1.165, 1.54) is 0 Å². The highest BCUT2D eigenvalue weighted by Crippen LogP contribution is 2.43. The zero-order chi connectivity index (χ0) is 11.6. The Balaban J connectivity index is 2.64. The van der Waals surface area contributed by atoms with Crippen molar-refractivity contribution in [2.75, 3.05) is 0 Å². The first-order chi connectivity index (χ1) is 6.86. The fourth-order valence-corrected chi connectivity index (χ4v) is 2.31. The van der Waals surface area contributed by atoms with Gasteiger partial charge in [-0.05, 0) is 18.8 Å². The maximum Gasteiger partial charge on any atom is 0.397 e. The lowest BCUT2D eigenvalue weighted by molar-refractivity contribution is -0.218. The van der Waals surface area contributed by atoms with E-state index in [2.05, 4.69) is 0 Å². The van der Waals surface area contributed by atoms with E-state index >= 15 is 0 Å². The van der Waals surface area contributed by atoms with Gasteiger partial charge in [0, 0.05) is 0 Å². The summed E-state index contributed by atoms with van der Waals surface area (Å²) in [5.74, 6) is -2.65. The normalized spacial score (nSPS) is 38.0. The average Bonchev–Trinajstić information content (AvgIpc) is 1.99. The van der Waals surface area contributed by atoms with E-state index in [1.807, 2.05) is 6.92 Å². The zero-order valence-corrected chi connectivity index (χ0v) is 8.53. The maximum atomic E-state index is 13.2. The molecule has 4 atom stereocenters. The predicted molar refractivity (Wildman–Crippen MR) is 47.0 cm³/mol. The van der Waals surface area contributed by atoms with Gasteiger partial charge in [0.15, 0.2) is 0 Å². The largest absolute Gasteiger partial charge is 0.397 e. The number of alkyl halides is 5. The molecule has 0 bridgehead atoms. The molecule has 1 aliphatic carbocycles. The third kappa shape index (κ3) is 3.05. The quantitative estimate of drug-likeness (QED) is 0.628. The van der Waals surface area contributed by atoms with Crippen LogP contribution in [0.3, 0.4) is 0 Å². The van der Waals surface area contributed by atoms with Crippen molar-refractivity contribution in [2.45, 2.75) is 51.1 Å². The van der Waals surface area contributed by atoms with Crippen LogP contribution in [0.15, 0.2) is 0 Å². The van der Waals surface area contributed by atoms with Gasteiger partial charge in [-0.25, -0.2) is 8.78 Å². The average molecular weight is 230 g/mol. The molecule has 1 aliphatic rings. The lowest BCUT2D eigenvalue weighted by atomic mass is 9.77. The van der Waals surface area contributed by atoms with Crippen LogP contribution in [0.5, 0.6) is 0 Å². The molecule has 15 heavy (non-hydrogen) atoms. The maximum absolute atomic E-state index is 13.2. The second-order valence-electron chi connectivity index (χ2n) is 4.23. The summed E-state index contributed by atoms with van der Waals surface area (Å²) >= 11 is 0. The van der Waals surface area contributed by atoms with Crippen LogP contribution in [0.2, 0.25) is 0 Å². The molecule has 1 fully saturated rings. The summed E-state index contributed by atoms with van der Waals surface area (Å²) in [4.78, 5) is 0. The minimum absolute atomic E-state index is 0.154. The third-order valence-electron chi connectivity index (χ3n) is 2.97. The Morgan fingerprint density at radius 2 is 1.53 bits per heavy atom. The highest BCUT2D eigenvalue weighted by Gasteiger charge is 2.53. The molecule has 0 amide bonds. The van der Waals surface area contributed by atoms with Crippen molar-refractivity contribution in [1.29, 1.82) is 0 Å². The van der Waals surface area contributed by atoms with Crippen molar-refractivity contribution in [3.8, 4) is 0 Å². The highest BCUT2D eigenvalue weighted by atomic mass is 19.4. The van der Waals surface area contributed by atoms with Crippen LogP contribution >= 0.6 is 0 Å². The van der Waals surface area contributed by atoms with Gasteiger partial charge in [0.25, 0.3) is 0 Å². The van der Waals surface area contributed by atoms with Crippen LogP contribution in [-0.4, -0.2) is 18.5 Å². The molecule has 0 aromatic heterocycles. The molecular formula is C10H15F5. The molecule has 90 valence electrons. The van der Waals surface area contributed by atoms with Crippen LogP contribution in [0, 0.1) is 11.8 Å². The van der Waals surface area contributed by atoms with E-state index in [1.54, 1.807) is 0 Å². The Hall–Kier alpha value is -0.350. The molecule has 0 saturated heterocycles. The van der Waals surface area contributed by atoms with Crippen LogP contribution < -0.4 is 0 Å². The molecule has 0 heterocycles. The summed E-state index contributed by atoms with van der Waals surface area (Å²) in [7, 11) is 0. The second-order valence-corrected chi connectivity index (χ2v) is 4.23. The monoisotopic (exact) mass is 230 g/mol. The van der Waals surface area contributed by atoms with Crippen LogP contribution in [-0.2, 0) is 0 Å². The minimum Gasteiger partial charge on any atom is -0.247 e.